The standard InChI is InChI=1S/C16H26N2O3/c1-4-17-7-9-18(10-8-17)15(12-19)14-11-13(20-2)5-6-16(14)21-3/h5-6,11,15,19H,4,7-10,12H2,1-3H3. The average Bonchev–Trinajstić information content (AvgIpc) is 2.56. The molecule has 1 aromatic carbocycles. The molecule has 1 aliphatic heterocycles. The molecule has 1 heterocycles. The normalized spacial score (nSPS) is 18.5. The Morgan fingerprint density at radius 2 is 1.86 bits per heavy atom. The van der Waals surface area contributed by atoms with E-state index in [1.807, 2.05) is 18.2 Å². The number of methoxy groups -OCH3 is 2. The van der Waals surface area contributed by atoms with E-state index < -0.39 is 0 Å². The van der Waals surface area contributed by atoms with E-state index in [9.17, 15) is 5.11 Å². The largest absolute Gasteiger partial charge is 0.497 e. The Labute approximate surface area is 127 Å². The number of hydrogen-bond donors (Lipinski definition) is 1. The summed E-state index contributed by atoms with van der Waals surface area (Å²) in [6.07, 6.45) is 0. The lowest BCUT2D eigenvalue weighted by Crippen LogP contribution is -2.48. The Morgan fingerprint density at radius 3 is 2.38 bits per heavy atom. The van der Waals surface area contributed by atoms with Crippen LogP contribution < -0.4 is 9.47 Å². The maximum absolute atomic E-state index is 9.89. The number of piperazine rings is 1. The predicted octanol–water partition coefficient (Wildman–Crippen LogP) is 1.37. The number of rotatable bonds is 6. The van der Waals surface area contributed by atoms with Crippen molar-refractivity contribution in [3.8, 4) is 11.5 Å². The summed E-state index contributed by atoms with van der Waals surface area (Å²) in [6, 6.07) is 5.70. The molecule has 0 amide bonds. The van der Waals surface area contributed by atoms with Gasteiger partial charge in [-0.05, 0) is 24.7 Å². The van der Waals surface area contributed by atoms with Crippen LogP contribution in [0.4, 0.5) is 0 Å². The molecule has 1 aromatic rings. The van der Waals surface area contributed by atoms with Crippen molar-refractivity contribution in [2.75, 3.05) is 53.6 Å². The Kier molecular flexibility index (Phi) is 5.85. The van der Waals surface area contributed by atoms with Crippen molar-refractivity contribution in [3.63, 3.8) is 0 Å². The van der Waals surface area contributed by atoms with Crippen LogP contribution in [0, 0.1) is 0 Å². The summed E-state index contributed by atoms with van der Waals surface area (Å²) >= 11 is 0. The molecular weight excluding hydrogens is 268 g/mol. The molecule has 1 atom stereocenters. The van der Waals surface area contributed by atoms with E-state index in [4.69, 9.17) is 9.47 Å². The van der Waals surface area contributed by atoms with Gasteiger partial charge in [-0.25, -0.2) is 0 Å². The molecule has 118 valence electrons. The van der Waals surface area contributed by atoms with Gasteiger partial charge in [-0.15, -0.1) is 0 Å². The summed E-state index contributed by atoms with van der Waals surface area (Å²) in [4.78, 5) is 4.75. The number of likely N-dealkylation sites (N-methyl/N-ethyl adjacent to an activating group) is 1. The Morgan fingerprint density at radius 1 is 1.14 bits per heavy atom. The molecule has 1 N–H and O–H groups in total. The van der Waals surface area contributed by atoms with Gasteiger partial charge in [-0.3, -0.25) is 4.90 Å². The van der Waals surface area contributed by atoms with E-state index >= 15 is 0 Å². The number of benzene rings is 1. The zero-order chi connectivity index (χ0) is 15.2. The van der Waals surface area contributed by atoms with Crippen LogP contribution in [0.1, 0.15) is 18.5 Å². The number of ether oxygens (including phenoxy) is 2. The molecular formula is C16H26N2O3. The van der Waals surface area contributed by atoms with Gasteiger partial charge in [0.2, 0.25) is 0 Å². The molecule has 1 fully saturated rings. The highest BCUT2D eigenvalue weighted by atomic mass is 16.5. The summed E-state index contributed by atoms with van der Waals surface area (Å²) in [5.74, 6) is 1.59. The summed E-state index contributed by atoms with van der Waals surface area (Å²) in [6.45, 7) is 7.34. The zero-order valence-electron chi connectivity index (χ0n) is 13.2. The first kappa shape index (κ1) is 16.1. The van der Waals surface area contributed by atoms with Crippen LogP contribution in [-0.2, 0) is 0 Å². The van der Waals surface area contributed by atoms with Crippen LogP contribution in [0.3, 0.4) is 0 Å². The maximum atomic E-state index is 9.89. The fourth-order valence-corrected chi connectivity index (χ4v) is 2.90. The lowest BCUT2D eigenvalue weighted by Gasteiger charge is -2.38. The van der Waals surface area contributed by atoms with Gasteiger partial charge in [0.15, 0.2) is 0 Å². The van der Waals surface area contributed by atoms with Gasteiger partial charge < -0.3 is 19.5 Å². The molecule has 0 radical (unpaired) electrons. The van der Waals surface area contributed by atoms with Gasteiger partial charge in [0.05, 0.1) is 26.9 Å². The van der Waals surface area contributed by atoms with Crippen LogP contribution in [-0.4, -0.2) is 68.5 Å². The second-order valence-electron chi connectivity index (χ2n) is 5.28. The minimum Gasteiger partial charge on any atom is -0.497 e. The van der Waals surface area contributed by atoms with E-state index in [0.717, 1.165) is 49.8 Å². The first-order valence-electron chi connectivity index (χ1n) is 7.52. The van der Waals surface area contributed by atoms with Gasteiger partial charge in [-0.1, -0.05) is 6.92 Å². The van der Waals surface area contributed by atoms with Gasteiger partial charge in [-0.2, -0.15) is 0 Å². The fraction of sp³-hybridized carbons (Fsp3) is 0.625. The maximum Gasteiger partial charge on any atom is 0.124 e. The monoisotopic (exact) mass is 294 g/mol. The molecule has 2 rings (SSSR count). The van der Waals surface area contributed by atoms with Crippen molar-refractivity contribution in [3.05, 3.63) is 23.8 Å². The van der Waals surface area contributed by atoms with Crippen LogP contribution in [0.5, 0.6) is 11.5 Å². The molecule has 0 aliphatic carbocycles. The van der Waals surface area contributed by atoms with E-state index in [2.05, 4.69) is 16.7 Å². The molecule has 21 heavy (non-hydrogen) atoms. The Hall–Kier alpha value is -1.30. The lowest BCUT2D eigenvalue weighted by molar-refractivity contribution is 0.0659. The number of hydrogen-bond acceptors (Lipinski definition) is 5. The predicted molar refractivity (Wildman–Crippen MR) is 83.1 cm³/mol. The SMILES string of the molecule is CCN1CCN(C(CO)c2cc(OC)ccc2OC)CC1. The molecule has 0 saturated carbocycles. The minimum atomic E-state index is -0.0472. The first-order chi connectivity index (χ1) is 10.2. The highest BCUT2D eigenvalue weighted by Crippen LogP contribution is 2.33. The molecule has 0 aromatic heterocycles. The number of aliphatic hydroxyl groups is 1. The Balaban J connectivity index is 2.20. The number of nitrogens with zero attached hydrogens (tertiary/aromatic N) is 2. The molecule has 1 aliphatic rings. The molecule has 1 unspecified atom stereocenters. The Bertz CT molecular complexity index is 445. The highest BCUT2D eigenvalue weighted by Gasteiger charge is 2.26. The van der Waals surface area contributed by atoms with Gasteiger partial charge >= 0.3 is 0 Å². The van der Waals surface area contributed by atoms with E-state index in [-0.39, 0.29) is 12.6 Å². The van der Waals surface area contributed by atoms with Crippen molar-refractivity contribution in [1.29, 1.82) is 0 Å². The van der Waals surface area contributed by atoms with Crippen LogP contribution in [0.2, 0.25) is 0 Å². The first-order valence-corrected chi connectivity index (χ1v) is 7.52. The van der Waals surface area contributed by atoms with Crippen molar-refractivity contribution in [2.24, 2.45) is 0 Å². The van der Waals surface area contributed by atoms with E-state index in [1.54, 1.807) is 14.2 Å². The summed E-state index contributed by atoms with van der Waals surface area (Å²) < 4.78 is 10.8. The van der Waals surface area contributed by atoms with Crippen LogP contribution in [0.25, 0.3) is 0 Å². The smallest absolute Gasteiger partial charge is 0.124 e. The second-order valence-corrected chi connectivity index (χ2v) is 5.28. The van der Waals surface area contributed by atoms with Crippen LogP contribution in [0.15, 0.2) is 18.2 Å². The third kappa shape index (κ3) is 3.67. The van der Waals surface area contributed by atoms with E-state index in [1.165, 1.54) is 0 Å². The van der Waals surface area contributed by atoms with E-state index in [0.29, 0.717) is 0 Å². The lowest BCUT2D eigenvalue weighted by atomic mass is 10.0. The molecule has 0 bridgehead atoms. The minimum absolute atomic E-state index is 0.0472. The quantitative estimate of drug-likeness (QED) is 0.858. The third-order valence-corrected chi connectivity index (χ3v) is 4.26. The van der Waals surface area contributed by atoms with Gasteiger partial charge in [0, 0.05) is 31.7 Å². The molecule has 5 heteroatoms. The molecule has 0 spiro atoms. The summed E-state index contributed by atoms with van der Waals surface area (Å²) in [7, 11) is 3.31. The van der Waals surface area contributed by atoms with Crippen molar-refractivity contribution in [1.82, 2.24) is 9.80 Å². The molecule has 1 saturated heterocycles. The zero-order valence-corrected chi connectivity index (χ0v) is 13.2. The average molecular weight is 294 g/mol. The summed E-state index contributed by atoms with van der Waals surface area (Å²) in [5, 5.41) is 9.89. The topological polar surface area (TPSA) is 45.2 Å². The van der Waals surface area contributed by atoms with Crippen molar-refractivity contribution >= 4 is 0 Å². The van der Waals surface area contributed by atoms with Gasteiger partial charge in [0.25, 0.3) is 0 Å². The third-order valence-electron chi connectivity index (χ3n) is 4.26. The van der Waals surface area contributed by atoms with Crippen molar-refractivity contribution in [2.45, 2.75) is 13.0 Å². The summed E-state index contributed by atoms with van der Waals surface area (Å²) in [5.41, 5.74) is 0.990. The second kappa shape index (κ2) is 7.64. The van der Waals surface area contributed by atoms with Crippen LogP contribution >= 0.6 is 0 Å². The highest BCUT2D eigenvalue weighted by molar-refractivity contribution is 5.42. The fourth-order valence-electron chi connectivity index (χ4n) is 2.90. The van der Waals surface area contributed by atoms with Crippen molar-refractivity contribution < 1.29 is 14.6 Å². The van der Waals surface area contributed by atoms with Gasteiger partial charge in [0.1, 0.15) is 11.5 Å². The number of aliphatic hydroxyl groups excluding tert-OH is 1. The molecule has 5 nitrogen and oxygen atoms in total.